The molecular weight excluding hydrogens is 274 g/mol. The lowest BCUT2D eigenvalue weighted by atomic mass is 10.1. The molecule has 2 aromatic carbocycles. The van der Waals surface area contributed by atoms with E-state index in [9.17, 15) is 8.78 Å². The smallest absolute Gasteiger partial charge is 0.387 e. The van der Waals surface area contributed by atoms with Gasteiger partial charge in [0.1, 0.15) is 5.75 Å². The van der Waals surface area contributed by atoms with E-state index >= 15 is 0 Å². The molecule has 0 unspecified atom stereocenters. The molecule has 0 bridgehead atoms. The largest absolute Gasteiger partial charge is 0.434 e. The number of alkyl halides is 2. The summed E-state index contributed by atoms with van der Waals surface area (Å²) in [6.45, 7) is -2.46. The van der Waals surface area contributed by atoms with Crippen LogP contribution in [0.4, 0.5) is 14.5 Å². The number of nitrogens with zero attached hydrogens (tertiary/aromatic N) is 1. The molecule has 0 radical (unpaired) electrons. The van der Waals surface area contributed by atoms with E-state index in [2.05, 4.69) is 16.1 Å². The van der Waals surface area contributed by atoms with Gasteiger partial charge in [-0.05, 0) is 23.8 Å². The van der Waals surface area contributed by atoms with E-state index in [0.29, 0.717) is 18.5 Å². The highest BCUT2D eigenvalue weighted by molar-refractivity contribution is 5.46. The van der Waals surface area contributed by atoms with Crippen LogP contribution in [-0.4, -0.2) is 6.61 Å². The standard InChI is InChI=1S/C16H14F2N2O/c17-16(18)21-15-4-2-1-3-13(15)11-20-14-7-5-12(6-8-14)9-10-19/h1-8,16,20H,9,11H2. The Bertz CT molecular complexity index is 621. The number of ether oxygens (including phenoxy) is 1. The lowest BCUT2D eigenvalue weighted by molar-refractivity contribution is -0.0504. The maximum atomic E-state index is 12.3. The summed E-state index contributed by atoms with van der Waals surface area (Å²) in [6, 6.07) is 16.2. The van der Waals surface area contributed by atoms with Crippen molar-refractivity contribution in [2.75, 3.05) is 5.32 Å². The Labute approximate surface area is 121 Å². The van der Waals surface area contributed by atoms with Gasteiger partial charge in [-0.1, -0.05) is 30.3 Å². The molecule has 108 valence electrons. The Morgan fingerprint density at radius 2 is 1.81 bits per heavy atom. The van der Waals surface area contributed by atoms with E-state index in [1.165, 1.54) is 6.07 Å². The predicted molar refractivity (Wildman–Crippen MR) is 76.2 cm³/mol. The third-order valence-electron chi connectivity index (χ3n) is 2.91. The summed E-state index contributed by atoms with van der Waals surface area (Å²) in [5.74, 6) is 0.168. The molecule has 0 aliphatic carbocycles. The Hall–Kier alpha value is -2.61. The van der Waals surface area contributed by atoms with Crippen LogP contribution in [0, 0.1) is 11.3 Å². The third-order valence-corrected chi connectivity index (χ3v) is 2.91. The highest BCUT2D eigenvalue weighted by Crippen LogP contribution is 2.21. The van der Waals surface area contributed by atoms with Gasteiger partial charge < -0.3 is 10.1 Å². The number of anilines is 1. The first-order valence-electron chi connectivity index (χ1n) is 6.41. The van der Waals surface area contributed by atoms with Gasteiger partial charge in [0.05, 0.1) is 12.5 Å². The van der Waals surface area contributed by atoms with Gasteiger partial charge in [0.15, 0.2) is 0 Å². The minimum atomic E-state index is -2.84. The Kier molecular flexibility index (Phi) is 5.10. The molecule has 0 saturated carbocycles. The number of hydrogen-bond donors (Lipinski definition) is 1. The lowest BCUT2D eigenvalue weighted by Crippen LogP contribution is -2.07. The Balaban J connectivity index is 2.01. The van der Waals surface area contributed by atoms with Crippen LogP contribution in [0.15, 0.2) is 48.5 Å². The van der Waals surface area contributed by atoms with Crippen LogP contribution in [-0.2, 0) is 13.0 Å². The second-order valence-corrected chi connectivity index (χ2v) is 4.37. The molecule has 3 nitrogen and oxygen atoms in total. The quantitative estimate of drug-likeness (QED) is 0.875. The van der Waals surface area contributed by atoms with Crippen molar-refractivity contribution >= 4 is 5.69 Å². The van der Waals surface area contributed by atoms with Crippen LogP contribution in [0.5, 0.6) is 5.75 Å². The molecular formula is C16H14F2N2O. The summed E-state index contributed by atoms with van der Waals surface area (Å²) in [7, 11) is 0. The van der Waals surface area contributed by atoms with Crippen molar-refractivity contribution in [2.24, 2.45) is 0 Å². The minimum Gasteiger partial charge on any atom is -0.434 e. The van der Waals surface area contributed by atoms with Gasteiger partial charge in [-0.2, -0.15) is 14.0 Å². The summed E-state index contributed by atoms with van der Waals surface area (Å²) in [5.41, 5.74) is 2.44. The molecule has 0 aliphatic rings. The molecule has 2 aromatic rings. The fourth-order valence-corrected chi connectivity index (χ4v) is 1.89. The first-order valence-corrected chi connectivity index (χ1v) is 6.41. The van der Waals surface area contributed by atoms with Crippen LogP contribution < -0.4 is 10.1 Å². The number of para-hydroxylation sites is 1. The van der Waals surface area contributed by atoms with Crippen molar-refractivity contribution < 1.29 is 13.5 Å². The van der Waals surface area contributed by atoms with Crippen LogP contribution in [0.3, 0.4) is 0 Å². The highest BCUT2D eigenvalue weighted by Gasteiger charge is 2.08. The van der Waals surface area contributed by atoms with Crippen molar-refractivity contribution in [1.82, 2.24) is 0 Å². The fourth-order valence-electron chi connectivity index (χ4n) is 1.89. The number of benzene rings is 2. The van der Waals surface area contributed by atoms with Gasteiger partial charge in [0, 0.05) is 17.8 Å². The number of nitriles is 1. The summed E-state index contributed by atoms with van der Waals surface area (Å²) >= 11 is 0. The average Bonchev–Trinajstić information content (AvgIpc) is 2.48. The van der Waals surface area contributed by atoms with Crippen LogP contribution >= 0.6 is 0 Å². The zero-order chi connectivity index (χ0) is 15.1. The van der Waals surface area contributed by atoms with E-state index in [4.69, 9.17) is 5.26 Å². The fraction of sp³-hybridized carbons (Fsp3) is 0.188. The molecule has 0 amide bonds. The van der Waals surface area contributed by atoms with E-state index in [-0.39, 0.29) is 5.75 Å². The minimum absolute atomic E-state index is 0.168. The molecule has 0 saturated heterocycles. The average molecular weight is 288 g/mol. The van der Waals surface area contributed by atoms with Crippen molar-refractivity contribution in [3.8, 4) is 11.8 Å². The van der Waals surface area contributed by atoms with Crippen LogP contribution in [0.2, 0.25) is 0 Å². The van der Waals surface area contributed by atoms with Crippen LogP contribution in [0.25, 0.3) is 0 Å². The van der Waals surface area contributed by atoms with E-state index in [0.717, 1.165) is 11.3 Å². The van der Waals surface area contributed by atoms with Crippen molar-refractivity contribution in [2.45, 2.75) is 19.6 Å². The molecule has 0 heterocycles. The molecule has 1 N–H and O–H groups in total. The molecule has 0 atom stereocenters. The monoisotopic (exact) mass is 288 g/mol. The maximum Gasteiger partial charge on any atom is 0.387 e. The summed E-state index contributed by atoms with van der Waals surface area (Å²) in [6.07, 6.45) is 0.366. The van der Waals surface area contributed by atoms with Gasteiger partial charge in [0.25, 0.3) is 0 Å². The summed E-state index contributed by atoms with van der Waals surface area (Å²) < 4.78 is 29.1. The topological polar surface area (TPSA) is 45.0 Å². The molecule has 5 heteroatoms. The van der Waals surface area contributed by atoms with Crippen molar-refractivity contribution in [1.29, 1.82) is 5.26 Å². The number of halogens is 2. The Morgan fingerprint density at radius 1 is 1.10 bits per heavy atom. The normalized spacial score (nSPS) is 10.2. The molecule has 0 spiro atoms. The van der Waals surface area contributed by atoms with Crippen LogP contribution in [0.1, 0.15) is 11.1 Å². The zero-order valence-electron chi connectivity index (χ0n) is 11.2. The molecule has 21 heavy (non-hydrogen) atoms. The maximum absolute atomic E-state index is 12.3. The van der Waals surface area contributed by atoms with Gasteiger partial charge >= 0.3 is 6.61 Å². The summed E-state index contributed by atoms with van der Waals surface area (Å²) in [5, 5.41) is 11.7. The van der Waals surface area contributed by atoms with Crippen molar-refractivity contribution in [3.63, 3.8) is 0 Å². The Morgan fingerprint density at radius 3 is 2.48 bits per heavy atom. The predicted octanol–water partition coefficient (Wildman–Crippen LogP) is 3.97. The van der Waals surface area contributed by atoms with E-state index in [1.54, 1.807) is 18.2 Å². The first-order chi connectivity index (χ1) is 10.2. The lowest BCUT2D eigenvalue weighted by Gasteiger charge is -2.12. The molecule has 0 fully saturated rings. The van der Waals surface area contributed by atoms with Gasteiger partial charge in [-0.3, -0.25) is 0 Å². The number of nitrogens with one attached hydrogen (secondary N) is 1. The number of rotatable bonds is 6. The molecule has 0 aromatic heterocycles. The first kappa shape index (κ1) is 14.8. The zero-order valence-corrected chi connectivity index (χ0v) is 11.2. The second-order valence-electron chi connectivity index (χ2n) is 4.37. The highest BCUT2D eigenvalue weighted by atomic mass is 19.3. The summed E-state index contributed by atoms with van der Waals surface area (Å²) in [4.78, 5) is 0. The third kappa shape index (κ3) is 4.46. The van der Waals surface area contributed by atoms with E-state index < -0.39 is 6.61 Å². The SMILES string of the molecule is N#CCc1ccc(NCc2ccccc2OC(F)F)cc1. The second kappa shape index (κ2) is 7.25. The number of hydrogen-bond acceptors (Lipinski definition) is 3. The van der Waals surface area contributed by atoms with Gasteiger partial charge in [-0.25, -0.2) is 0 Å². The molecule has 2 rings (SSSR count). The molecule has 0 aliphatic heterocycles. The van der Waals surface area contributed by atoms with E-state index in [1.807, 2.05) is 24.3 Å². The van der Waals surface area contributed by atoms with Crippen molar-refractivity contribution in [3.05, 3.63) is 59.7 Å². The van der Waals surface area contributed by atoms with Gasteiger partial charge in [0.2, 0.25) is 0 Å². The van der Waals surface area contributed by atoms with Gasteiger partial charge in [-0.15, -0.1) is 0 Å².